The standard InChI is InChI=1S/C12H18N2OS/c1-3-8(2)14-10-7-5-4-6-9(10)11(16)13-12(14)15/h8H,3-7H2,1-2H3,(H,13,15,16). The molecule has 16 heavy (non-hydrogen) atoms. The second-order valence-corrected chi connectivity index (χ2v) is 4.93. The van der Waals surface area contributed by atoms with Crippen molar-refractivity contribution in [2.24, 2.45) is 0 Å². The van der Waals surface area contributed by atoms with Gasteiger partial charge in [-0.15, -0.1) is 0 Å². The Hall–Kier alpha value is -0.900. The van der Waals surface area contributed by atoms with Gasteiger partial charge in [-0.2, -0.15) is 0 Å². The zero-order valence-corrected chi connectivity index (χ0v) is 10.7. The van der Waals surface area contributed by atoms with Crippen LogP contribution >= 0.6 is 12.2 Å². The van der Waals surface area contributed by atoms with Crippen LogP contribution in [0, 0.1) is 4.64 Å². The molecule has 4 heteroatoms. The third kappa shape index (κ3) is 1.86. The Balaban J connectivity index is 2.68. The smallest absolute Gasteiger partial charge is 0.298 e. The summed E-state index contributed by atoms with van der Waals surface area (Å²) in [5.74, 6) is 0. The largest absolute Gasteiger partial charge is 0.326 e. The minimum Gasteiger partial charge on any atom is -0.298 e. The van der Waals surface area contributed by atoms with Crippen molar-refractivity contribution in [1.29, 1.82) is 0 Å². The van der Waals surface area contributed by atoms with Gasteiger partial charge >= 0.3 is 5.69 Å². The minimum atomic E-state index is -0.0417. The summed E-state index contributed by atoms with van der Waals surface area (Å²) in [6.07, 6.45) is 5.33. The maximum absolute atomic E-state index is 12.0. The second-order valence-electron chi connectivity index (χ2n) is 4.52. The molecule has 1 heterocycles. The molecule has 3 nitrogen and oxygen atoms in total. The van der Waals surface area contributed by atoms with Crippen LogP contribution in [0.3, 0.4) is 0 Å². The van der Waals surface area contributed by atoms with Gasteiger partial charge in [0.05, 0.1) is 0 Å². The summed E-state index contributed by atoms with van der Waals surface area (Å²) in [6.45, 7) is 4.20. The van der Waals surface area contributed by atoms with E-state index in [1.807, 2.05) is 4.57 Å². The molecule has 88 valence electrons. The number of hydrogen-bond acceptors (Lipinski definition) is 2. The summed E-state index contributed by atoms with van der Waals surface area (Å²) in [6, 6.07) is 0.256. The van der Waals surface area contributed by atoms with E-state index in [9.17, 15) is 4.79 Å². The van der Waals surface area contributed by atoms with Gasteiger partial charge < -0.3 is 0 Å². The molecule has 1 atom stereocenters. The molecule has 1 N–H and O–H groups in total. The van der Waals surface area contributed by atoms with E-state index in [4.69, 9.17) is 12.2 Å². The average Bonchev–Trinajstić information content (AvgIpc) is 2.28. The quantitative estimate of drug-likeness (QED) is 0.804. The Labute approximate surface area is 101 Å². The molecule has 0 aromatic carbocycles. The lowest BCUT2D eigenvalue weighted by Gasteiger charge is -2.24. The minimum absolute atomic E-state index is 0.0417. The number of H-pyrrole nitrogens is 1. The summed E-state index contributed by atoms with van der Waals surface area (Å²) in [4.78, 5) is 14.8. The number of hydrogen-bond donors (Lipinski definition) is 1. The van der Waals surface area contributed by atoms with Gasteiger partial charge in [0.2, 0.25) is 0 Å². The molecule has 1 aromatic rings. The van der Waals surface area contributed by atoms with Crippen molar-refractivity contribution < 1.29 is 0 Å². The van der Waals surface area contributed by atoms with Gasteiger partial charge in [0.25, 0.3) is 0 Å². The Bertz CT molecular complexity index is 501. The number of nitrogens with zero attached hydrogens (tertiary/aromatic N) is 1. The van der Waals surface area contributed by atoms with E-state index in [2.05, 4.69) is 18.8 Å². The summed E-state index contributed by atoms with van der Waals surface area (Å²) in [5, 5.41) is 0. The Morgan fingerprint density at radius 3 is 2.81 bits per heavy atom. The monoisotopic (exact) mass is 238 g/mol. The Kier molecular flexibility index (Phi) is 3.28. The fraction of sp³-hybridized carbons (Fsp3) is 0.667. The van der Waals surface area contributed by atoms with Crippen LogP contribution in [0.1, 0.15) is 50.4 Å². The highest BCUT2D eigenvalue weighted by atomic mass is 32.1. The molecule has 0 fully saturated rings. The van der Waals surface area contributed by atoms with E-state index < -0.39 is 0 Å². The zero-order valence-electron chi connectivity index (χ0n) is 9.88. The first kappa shape index (κ1) is 11.6. The fourth-order valence-corrected chi connectivity index (χ4v) is 2.71. The number of aromatic amines is 1. The highest BCUT2D eigenvalue weighted by Crippen LogP contribution is 2.23. The maximum Gasteiger partial charge on any atom is 0.326 e. The van der Waals surface area contributed by atoms with Crippen LogP contribution in [0.2, 0.25) is 0 Å². The molecular weight excluding hydrogens is 220 g/mol. The number of nitrogens with one attached hydrogen (secondary N) is 1. The zero-order chi connectivity index (χ0) is 11.7. The van der Waals surface area contributed by atoms with Crippen LogP contribution in [-0.4, -0.2) is 9.55 Å². The first-order valence-electron chi connectivity index (χ1n) is 6.01. The molecule has 0 spiro atoms. The lowest BCUT2D eigenvalue weighted by molar-refractivity contribution is 0.463. The van der Waals surface area contributed by atoms with Crippen LogP contribution in [0.5, 0.6) is 0 Å². The fourth-order valence-electron chi connectivity index (χ4n) is 2.40. The first-order valence-corrected chi connectivity index (χ1v) is 6.42. The van der Waals surface area contributed by atoms with E-state index in [0.717, 1.165) is 19.3 Å². The number of rotatable bonds is 2. The molecule has 0 radical (unpaired) electrons. The second kappa shape index (κ2) is 4.53. The van der Waals surface area contributed by atoms with Gasteiger partial charge in [0.1, 0.15) is 4.64 Å². The summed E-state index contributed by atoms with van der Waals surface area (Å²) >= 11 is 5.24. The first-order chi connectivity index (χ1) is 7.65. The van der Waals surface area contributed by atoms with Gasteiger partial charge in [-0.25, -0.2) is 4.79 Å². The topological polar surface area (TPSA) is 37.8 Å². The molecule has 2 rings (SSSR count). The van der Waals surface area contributed by atoms with Crippen LogP contribution in [0.25, 0.3) is 0 Å². The van der Waals surface area contributed by atoms with Crippen LogP contribution in [0.4, 0.5) is 0 Å². The van der Waals surface area contributed by atoms with Crippen LogP contribution < -0.4 is 5.69 Å². The van der Waals surface area contributed by atoms with Crippen molar-refractivity contribution in [3.63, 3.8) is 0 Å². The van der Waals surface area contributed by atoms with Crippen molar-refractivity contribution in [2.45, 2.75) is 52.0 Å². The van der Waals surface area contributed by atoms with Crippen molar-refractivity contribution >= 4 is 12.2 Å². The molecule has 1 aliphatic carbocycles. The van der Waals surface area contributed by atoms with E-state index in [-0.39, 0.29) is 11.7 Å². The molecule has 1 aromatic heterocycles. The normalized spacial score (nSPS) is 16.9. The SMILES string of the molecule is CCC(C)n1c2c(c(=S)[nH]c1=O)CCCC2. The molecule has 0 amide bonds. The molecule has 0 saturated carbocycles. The van der Waals surface area contributed by atoms with Gasteiger partial charge in [0.15, 0.2) is 0 Å². The maximum atomic E-state index is 12.0. The summed E-state index contributed by atoms with van der Waals surface area (Å²) < 4.78 is 2.56. The van der Waals surface area contributed by atoms with E-state index in [0.29, 0.717) is 4.64 Å². The molecule has 1 aliphatic rings. The Morgan fingerprint density at radius 1 is 1.44 bits per heavy atom. The lowest BCUT2D eigenvalue weighted by atomic mass is 9.96. The van der Waals surface area contributed by atoms with Crippen molar-refractivity contribution in [3.8, 4) is 0 Å². The van der Waals surface area contributed by atoms with Crippen LogP contribution in [0.15, 0.2) is 4.79 Å². The molecular formula is C12H18N2OS. The average molecular weight is 238 g/mol. The van der Waals surface area contributed by atoms with Gasteiger partial charge in [-0.3, -0.25) is 9.55 Å². The predicted molar refractivity (Wildman–Crippen MR) is 67.5 cm³/mol. The summed E-state index contributed by atoms with van der Waals surface area (Å²) in [7, 11) is 0. The van der Waals surface area contributed by atoms with E-state index in [1.165, 1.54) is 24.1 Å². The van der Waals surface area contributed by atoms with Gasteiger partial charge in [-0.05, 0) is 39.0 Å². The Morgan fingerprint density at radius 2 is 2.12 bits per heavy atom. The van der Waals surface area contributed by atoms with E-state index >= 15 is 0 Å². The van der Waals surface area contributed by atoms with Crippen molar-refractivity contribution in [1.82, 2.24) is 9.55 Å². The predicted octanol–water partition coefficient (Wildman–Crippen LogP) is 2.76. The molecule has 0 saturated heterocycles. The molecule has 1 unspecified atom stereocenters. The third-order valence-corrected chi connectivity index (χ3v) is 3.82. The number of aromatic nitrogens is 2. The highest BCUT2D eigenvalue weighted by molar-refractivity contribution is 7.71. The van der Waals surface area contributed by atoms with Gasteiger partial charge in [0, 0.05) is 17.3 Å². The van der Waals surface area contributed by atoms with Crippen LogP contribution in [-0.2, 0) is 12.8 Å². The highest BCUT2D eigenvalue weighted by Gasteiger charge is 2.18. The lowest BCUT2D eigenvalue weighted by Crippen LogP contribution is -2.31. The summed E-state index contributed by atoms with van der Waals surface area (Å²) in [5.41, 5.74) is 2.33. The van der Waals surface area contributed by atoms with E-state index in [1.54, 1.807) is 0 Å². The molecule has 0 aliphatic heterocycles. The third-order valence-electron chi connectivity index (χ3n) is 3.47. The van der Waals surface area contributed by atoms with Gasteiger partial charge in [-0.1, -0.05) is 19.1 Å². The number of fused-ring (bicyclic) bond motifs is 1. The molecule has 0 bridgehead atoms. The van der Waals surface area contributed by atoms with Crippen molar-refractivity contribution in [3.05, 3.63) is 26.4 Å². The van der Waals surface area contributed by atoms with Crippen molar-refractivity contribution in [2.75, 3.05) is 0 Å².